The van der Waals surface area contributed by atoms with E-state index in [0.29, 0.717) is 0 Å². The molecule has 0 saturated heterocycles. The second-order valence-electron chi connectivity index (χ2n) is 6.45. The summed E-state index contributed by atoms with van der Waals surface area (Å²) in [5, 5.41) is 0. The lowest BCUT2D eigenvalue weighted by molar-refractivity contribution is 0.171. The molecular weight excluding hydrogens is 204 g/mol. The smallest absolute Gasteiger partial charge is 0.0360 e. The quantitative estimate of drug-likeness (QED) is 0.451. The first-order valence-corrected chi connectivity index (χ1v) is 8.20. The van der Waals surface area contributed by atoms with Gasteiger partial charge in [-0.3, -0.25) is 0 Å². The molecule has 1 rings (SSSR count). The van der Waals surface area contributed by atoms with E-state index in [2.05, 4.69) is 27.7 Å². The summed E-state index contributed by atoms with van der Waals surface area (Å²) in [6.07, 6.45) is 13.1. The number of rotatable bonds is 8. The molecule has 0 amide bonds. The van der Waals surface area contributed by atoms with Crippen LogP contribution in [0.4, 0.5) is 0 Å². The molecule has 1 aliphatic carbocycles. The molecule has 0 radical (unpaired) electrons. The van der Waals surface area contributed by atoms with Crippen molar-refractivity contribution in [3.63, 3.8) is 0 Å². The molecule has 1 saturated carbocycles. The Bertz CT molecular complexity index is 178. The predicted octanol–water partition coefficient (Wildman–Crippen LogP) is 6.06. The van der Waals surface area contributed by atoms with Gasteiger partial charge < -0.3 is 0 Å². The van der Waals surface area contributed by atoms with Crippen molar-refractivity contribution < 1.29 is 0 Å². The van der Waals surface area contributed by atoms with Crippen LogP contribution in [-0.4, -0.2) is 0 Å². The molecule has 102 valence electrons. The van der Waals surface area contributed by atoms with Crippen LogP contribution < -0.4 is 0 Å². The molecule has 0 heteroatoms. The summed E-state index contributed by atoms with van der Waals surface area (Å²) in [6, 6.07) is 0. The molecule has 17 heavy (non-hydrogen) atoms. The fourth-order valence-electron chi connectivity index (χ4n) is 3.92. The summed E-state index contributed by atoms with van der Waals surface area (Å²) in [5.74, 6) is 3.95. The van der Waals surface area contributed by atoms with Crippen molar-refractivity contribution in [2.45, 2.75) is 85.5 Å². The Labute approximate surface area is 110 Å². The van der Waals surface area contributed by atoms with E-state index in [0.717, 1.165) is 23.7 Å². The van der Waals surface area contributed by atoms with Gasteiger partial charge in [-0.1, -0.05) is 85.5 Å². The van der Waals surface area contributed by atoms with Crippen LogP contribution in [0.1, 0.15) is 85.5 Å². The maximum Gasteiger partial charge on any atom is -0.0360 e. The Morgan fingerprint density at radius 3 is 2.18 bits per heavy atom. The first kappa shape index (κ1) is 15.1. The Balaban J connectivity index is 2.38. The Morgan fingerprint density at radius 1 is 1.00 bits per heavy atom. The van der Waals surface area contributed by atoms with E-state index >= 15 is 0 Å². The third-order valence-corrected chi connectivity index (χ3v) is 5.31. The monoisotopic (exact) mass is 238 g/mol. The van der Waals surface area contributed by atoms with Crippen molar-refractivity contribution in [1.82, 2.24) is 0 Å². The molecule has 0 spiro atoms. The van der Waals surface area contributed by atoms with Crippen LogP contribution in [0.2, 0.25) is 0 Å². The van der Waals surface area contributed by atoms with Gasteiger partial charge in [-0.25, -0.2) is 0 Å². The molecule has 1 fully saturated rings. The molecular formula is C17H34. The average molecular weight is 238 g/mol. The van der Waals surface area contributed by atoms with E-state index in [4.69, 9.17) is 0 Å². The van der Waals surface area contributed by atoms with Gasteiger partial charge in [0.1, 0.15) is 0 Å². The van der Waals surface area contributed by atoms with E-state index in [9.17, 15) is 0 Å². The lowest BCUT2D eigenvalue weighted by Gasteiger charge is -2.32. The first-order valence-electron chi connectivity index (χ1n) is 8.20. The summed E-state index contributed by atoms with van der Waals surface area (Å²) >= 11 is 0. The fraction of sp³-hybridized carbons (Fsp3) is 1.00. The highest BCUT2D eigenvalue weighted by Gasteiger charge is 2.30. The predicted molar refractivity (Wildman–Crippen MR) is 78.2 cm³/mol. The van der Waals surface area contributed by atoms with Crippen LogP contribution in [-0.2, 0) is 0 Å². The summed E-state index contributed by atoms with van der Waals surface area (Å²) < 4.78 is 0. The largest absolute Gasteiger partial charge is 0.0654 e. The maximum atomic E-state index is 2.53. The number of unbranched alkanes of at least 4 members (excludes halogenated alkanes) is 2. The van der Waals surface area contributed by atoms with Crippen LogP contribution in [0.3, 0.4) is 0 Å². The Hall–Kier alpha value is 0. The van der Waals surface area contributed by atoms with Crippen molar-refractivity contribution in [3.05, 3.63) is 0 Å². The van der Waals surface area contributed by atoms with Crippen molar-refractivity contribution in [2.75, 3.05) is 0 Å². The first-order chi connectivity index (χ1) is 8.20. The lowest BCUT2D eigenvalue weighted by atomic mass is 9.73. The highest BCUT2D eigenvalue weighted by Crippen LogP contribution is 2.40. The van der Waals surface area contributed by atoms with Crippen LogP contribution in [0.25, 0.3) is 0 Å². The standard InChI is InChI=1S/C17H34/c1-5-7-8-11-14(3)15(4)17(6-2)16-12-9-10-13-16/h14-17H,5-13H2,1-4H3. The minimum absolute atomic E-state index is 0.937. The zero-order chi connectivity index (χ0) is 12.7. The highest BCUT2D eigenvalue weighted by molar-refractivity contribution is 4.80. The average Bonchev–Trinajstić information content (AvgIpc) is 2.83. The summed E-state index contributed by atoms with van der Waals surface area (Å²) in [5.41, 5.74) is 0. The minimum Gasteiger partial charge on any atom is -0.0654 e. The van der Waals surface area contributed by atoms with E-state index in [1.165, 1.54) is 57.8 Å². The van der Waals surface area contributed by atoms with Crippen LogP contribution in [0.15, 0.2) is 0 Å². The second kappa shape index (κ2) is 8.16. The Kier molecular flexibility index (Phi) is 7.23. The van der Waals surface area contributed by atoms with Gasteiger partial charge in [0.2, 0.25) is 0 Å². The van der Waals surface area contributed by atoms with Gasteiger partial charge in [0.25, 0.3) is 0 Å². The highest BCUT2D eigenvalue weighted by atomic mass is 14.4. The van der Waals surface area contributed by atoms with Crippen molar-refractivity contribution in [1.29, 1.82) is 0 Å². The van der Waals surface area contributed by atoms with Crippen LogP contribution in [0, 0.1) is 23.7 Å². The van der Waals surface area contributed by atoms with Crippen LogP contribution >= 0.6 is 0 Å². The molecule has 0 aromatic heterocycles. The molecule has 0 nitrogen and oxygen atoms in total. The molecule has 3 unspecified atom stereocenters. The topological polar surface area (TPSA) is 0 Å². The zero-order valence-electron chi connectivity index (χ0n) is 12.7. The van der Waals surface area contributed by atoms with Crippen LogP contribution in [0.5, 0.6) is 0 Å². The molecule has 3 atom stereocenters. The van der Waals surface area contributed by atoms with E-state index in [1.807, 2.05) is 0 Å². The molecule has 0 heterocycles. The van der Waals surface area contributed by atoms with E-state index in [1.54, 1.807) is 0 Å². The molecule has 0 aromatic rings. The summed E-state index contributed by atoms with van der Waals surface area (Å²) in [6.45, 7) is 9.75. The van der Waals surface area contributed by atoms with Gasteiger partial charge in [-0.2, -0.15) is 0 Å². The van der Waals surface area contributed by atoms with Gasteiger partial charge in [-0.05, 0) is 23.7 Å². The van der Waals surface area contributed by atoms with E-state index in [-0.39, 0.29) is 0 Å². The molecule has 0 N–H and O–H groups in total. The second-order valence-corrected chi connectivity index (χ2v) is 6.45. The zero-order valence-corrected chi connectivity index (χ0v) is 12.7. The molecule has 0 aromatic carbocycles. The van der Waals surface area contributed by atoms with E-state index < -0.39 is 0 Å². The van der Waals surface area contributed by atoms with Crippen molar-refractivity contribution in [2.24, 2.45) is 23.7 Å². The molecule has 0 bridgehead atoms. The SMILES string of the molecule is CCCCCC(C)C(C)C(CC)C1CCCC1. The van der Waals surface area contributed by atoms with Gasteiger partial charge >= 0.3 is 0 Å². The van der Waals surface area contributed by atoms with Crippen molar-refractivity contribution >= 4 is 0 Å². The van der Waals surface area contributed by atoms with Gasteiger partial charge in [-0.15, -0.1) is 0 Å². The maximum absolute atomic E-state index is 2.53. The van der Waals surface area contributed by atoms with Gasteiger partial charge in [0.05, 0.1) is 0 Å². The summed E-state index contributed by atoms with van der Waals surface area (Å²) in [7, 11) is 0. The molecule has 0 aliphatic heterocycles. The minimum atomic E-state index is 0.937. The van der Waals surface area contributed by atoms with Crippen molar-refractivity contribution in [3.8, 4) is 0 Å². The summed E-state index contributed by atoms with van der Waals surface area (Å²) in [4.78, 5) is 0. The lowest BCUT2D eigenvalue weighted by Crippen LogP contribution is -2.24. The Morgan fingerprint density at radius 2 is 1.65 bits per heavy atom. The molecule has 1 aliphatic rings. The third-order valence-electron chi connectivity index (χ3n) is 5.31. The third kappa shape index (κ3) is 4.64. The number of hydrogen-bond acceptors (Lipinski definition) is 0. The number of hydrogen-bond donors (Lipinski definition) is 0. The normalized spacial score (nSPS) is 22.6. The van der Waals surface area contributed by atoms with Gasteiger partial charge in [0.15, 0.2) is 0 Å². The fourth-order valence-corrected chi connectivity index (χ4v) is 3.92. The van der Waals surface area contributed by atoms with Gasteiger partial charge in [0, 0.05) is 0 Å².